The summed E-state index contributed by atoms with van der Waals surface area (Å²) in [6.07, 6.45) is 1.17. The minimum Gasteiger partial charge on any atom is -0.126 e. The summed E-state index contributed by atoms with van der Waals surface area (Å²) in [7, 11) is 0. The van der Waals surface area contributed by atoms with E-state index in [0.717, 1.165) is 5.88 Å². The van der Waals surface area contributed by atoms with E-state index in [1.165, 1.54) is 17.5 Å². The molecule has 0 fully saturated rings. The monoisotopic (exact) mass is 210 g/mol. The van der Waals surface area contributed by atoms with Crippen molar-refractivity contribution in [2.45, 2.75) is 33.1 Å². The van der Waals surface area contributed by atoms with E-state index in [1.807, 2.05) is 0 Å². The van der Waals surface area contributed by atoms with Crippen LogP contribution in [-0.4, -0.2) is 5.88 Å². The van der Waals surface area contributed by atoms with E-state index in [2.05, 4.69) is 45.0 Å². The largest absolute Gasteiger partial charge is 0.126 e. The van der Waals surface area contributed by atoms with E-state index in [0.29, 0.717) is 11.8 Å². The molecular weight excluding hydrogens is 192 g/mol. The van der Waals surface area contributed by atoms with Gasteiger partial charge in [-0.15, -0.1) is 11.6 Å². The van der Waals surface area contributed by atoms with Gasteiger partial charge in [0, 0.05) is 5.88 Å². The van der Waals surface area contributed by atoms with Crippen LogP contribution in [0.1, 0.15) is 37.3 Å². The van der Waals surface area contributed by atoms with Crippen LogP contribution in [0, 0.1) is 12.8 Å². The fourth-order valence-electron chi connectivity index (χ4n) is 1.78. The average Bonchev–Trinajstić information content (AvgIpc) is 2.14. The Morgan fingerprint density at radius 3 is 2.50 bits per heavy atom. The summed E-state index contributed by atoms with van der Waals surface area (Å²) in [5.74, 6) is 1.94. The van der Waals surface area contributed by atoms with Crippen molar-refractivity contribution in [2.24, 2.45) is 5.92 Å². The van der Waals surface area contributed by atoms with Gasteiger partial charge in [0.2, 0.25) is 0 Å². The Balaban J connectivity index is 2.78. The van der Waals surface area contributed by atoms with E-state index in [1.54, 1.807) is 0 Å². The van der Waals surface area contributed by atoms with Crippen molar-refractivity contribution < 1.29 is 0 Å². The van der Waals surface area contributed by atoms with Crippen molar-refractivity contribution in [3.8, 4) is 0 Å². The fraction of sp³-hybridized carbons (Fsp3) is 0.538. The minimum atomic E-state index is 0.511. The van der Waals surface area contributed by atoms with Crippen LogP contribution in [0.3, 0.4) is 0 Å². The molecule has 0 aliphatic rings. The molecule has 0 amide bonds. The molecule has 0 spiro atoms. The van der Waals surface area contributed by atoms with E-state index in [4.69, 9.17) is 11.6 Å². The van der Waals surface area contributed by atoms with Crippen LogP contribution in [-0.2, 0) is 0 Å². The molecule has 78 valence electrons. The highest BCUT2D eigenvalue weighted by Crippen LogP contribution is 2.25. The van der Waals surface area contributed by atoms with Gasteiger partial charge in [-0.2, -0.15) is 0 Å². The van der Waals surface area contributed by atoms with E-state index >= 15 is 0 Å². The first-order valence-corrected chi connectivity index (χ1v) is 5.79. The molecule has 0 N–H and O–H groups in total. The quantitative estimate of drug-likeness (QED) is 0.648. The summed E-state index contributed by atoms with van der Waals surface area (Å²) in [5, 5.41) is 0. The third-order valence-corrected chi connectivity index (χ3v) is 2.83. The van der Waals surface area contributed by atoms with Gasteiger partial charge >= 0.3 is 0 Å². The van der Waals surface area contributed by atoms with Gasteiger partial charge in [-0.25, -0.2) is 0 Å². The van der Waals surface area contributed by atoms with Gasteiger partial charge in [-0.3, -0.25) is 0 Å². The topological polar surface area (TPSA) is 0 Å². The number of aryl methyl sites for hydroxylation is 1. The maximum atomic E-state index is 6.00. The van der Waals surface area contributed by atoms with Crippen molar-refractivity contribution >= 4 is 11.6 Å². The molecule has 1 heteroatoms. The van der Waals surface area contributed by atoms with Gasteiger partial charge < -0.3 is 0 Å². The van der Waals surface area contributed by atoms with Gasteiger partial charge in [0.1, 0.15) is 0 Å². The molecule has 1 aromatic rings. The van der Waals surface area contributed by atoms with Crippen molar-refractivity contribution in [1.82, 2.24) is 0 Å². The van der Waals surface area contributed by atoms with Gasteiger partial charge in [-0.1, -0.05) is 43.7 Å². The average molecular weight is 211 g/mol. The fourth-order valence-corrected chi connectivity index (χ4v) is 2.09. The highest BCUT2D eigenvalue weighted by molar-refractivity contribution is 6.18. The smallest absolute Gasteiger partial charge is 0.0292 e. The molecule has 0 aromatic heterocycles. The predicted molar refractivity (Wildman–Crippen MR) is 64.1 cm³/mol. The first-order valence-electron chi connectivity index (χ1n) is 5.26. The molecule has 1 atom stereocenters. The molecule has 0 radical (unpaired) electrons. The SMILES string of the molecule is Cc1cccc(C(CCl)CC(C)C)c1. The van der Waals surface area contributed by atoms with Crippen molar-refractivity contribution in [3.05, 3.63) is 35.4 Å². The van der Waals surface area contributed by atoms with Crippen LogP contribution in [0.5, 0.6) is 0 Å². The molecule has 1 unspecified atom stereocenters. The molecule has 0 saturated carbocycles. The normalized spacial score (nSPS) is 13.2. The Bertz CT molecular complexity index is 278. The molecule has 0 heterocycles. The van der Waals surface area contributed by atoms with Crippen LogP contribution < -0.4 is 0 Å². The Hall–Kier alpha value is -0.490. The summed E-state index contributed by atoms with van der Waals surface area (Å²) in [6, 6.07) is 8.67. The van der Waals surface area contributed by atoms with Crippen molar-refractivity contribution in [3.63, 3.8) is 0 Å². The first-order chi connectivity index (χ1) is 6.63. The third kappa shape index (κ3) is 3.34. The summed E-state index contributed by atoms with van der Waals surface area (Å²) in [6.45, 7) is 6.62. The number of rotatable bonds is 4. The maximum absolute atomic E-state index is 6.00. The molecule has 0 aliphatic carbocycles. The van der Waals surface area contributed by atoms with Crippen LogP contribution in [0.15, 0.2) is 24.3 Å². The van der Waals surface area contributed by atoms with Crippen LogP contribution in [0.2, 0.25) is 0 Å². The number of halogens is 1. The van der Waals surface area contributed by atoms with Crippen LogP contribution in [0.4, 0.5) is 0 Å². The highest BCUT2D eigenvalue weighted by Gasteiger charge is 2.11. The van der Waals surface area contributed by atoms with Crippen LogP contribution in [0.25, 0.3) is 0 Å². The second kappa shape index (κ2) is 5.41. The Kier molecular flexibility index (Phi) is 4.47. The molecule has 0 saturated heterocycles. The zero-order valence-electron chi connectivity index (χ0n) is 9.26. The van der Waals surface area contributed by atoms with Crippen LogP contribution >= 0.6 is 11.6 Å². The number of alkyl halides is 1. The molecule has 1 rings (SSSR count). The second-order valence-electron chi connectivity index (χ2n) is 4.39. The number of hydrogen-bond acceptors (Lipinski definition) is 0. The highest BCUT2D eigenvalue weighted by atomic mass is 35.5. The second-order valence-corrected chi connectivity index (χ2v) is 4.70. The molecule has 0 bridgehead atoms. The summed E-state index contributed by atoms with van der Waals surface area (Å²) < 4.78 is 0. The summed E-state index contributed by atoms with van der Waals surface area (Å²) in [4.78, 5) is 0. The van der Waals surface area contributed by atoms with E-state index < -0.39 is 0 Å². The first kappa shape index (κ1) is 11.6. The van der Waals surface area contributed by atoms with Gasteiger partial charge in [-0.05, 0) is 30.7 Å². The zero-order valence-corrected chi connectivity index (χ0v) is 10.0. The lowest BCUT2D eigenvalue weighted by Gasteiger charge is -2.17. The third-order valence-electron chi connectivity index (χ3n) is 2.46. The van der Waals surface area contributed by atoms with Crippen molar-refractivity contribution in [1.29, 1.82) is 0 Å². The van der Waals surface area contributed by atoms with Crippen molar-refractivity contribution in [2.75, 3.05) is 5.88 Å². The Morgan fingerprint density at radius 2 is 2.00 bits per heavy atom. The Labute approximate surface area is 92.3 Å². The molecular formula is C13H19Cl. The predicted octanol–water partition coefficient (Wildman–Crippen LogP) is 4.36. The molecule has 0 aliphatic heterocycles. The standard InChI is InChI=1S/C13H19Cl/c1-10(2)7-13(9-14)12-6-4-5-11(3)8-12/h4-6,8,10,13H,7,9H2,1-3H3. The Morgan fingerprint density at radius 1 is 1.29 bits per heavy atom. The molecule has 14 heavy (non-hydrogen) atoms. The maximum Gasteiger partial charge on any atom is 0.0292 e. The van der Waals surface area contributed by atoms with Gasteiger partial charge in [0.25, 0.3) is 0 Å². The lowest BCUT2D eigenvalue weighted by molar-refractivity contribution is 0.526. The van der Waals surface area contributed by atoms with E-state index in [9.17, 15) is 0 Å². The van der Waals surface area contributed by atoms with Gasteiger partial charge in [0.05, 0.1) is 0 Å². The minimum absolute atomic E-state index is 0.511. The lowest BCUT2D eigenvalue weighted by atomic mass is 9.91. The molecule has 0 nitrogen and oxygen atoms in total. The summed E-state index contributed by atoms with van der Waals surface area (Å²) >= 11 is 6.00. The summed E-state index contributed by atoms with van der Waals surface area (Å²) in [5.41, 5.74) is 2.70. The number of hydrogen-bond donors (Lipinski definition) is 0. The lowest BCUT2D eigenvalue weighted by Crippen LogP contribution is -2.04. The molecule has 1 aromatic carbocycles. The number of benzene rings is 1. The van der Waals surface area contributed by atoms with Gasteiger partial charge in [0.15, 0.2) is 0 Å². The van der Waals surface area contributed by atoms with E-state index in [-0.39, 0.29) is 0 Å². The zero-order chi connectivity index (χ0) is 10.6.